The van der Waals surface area contributed by atoms with Gasteiger partial charge in [0.15, 0.2) is 5.82 Å². The van der Waals surface area contributed by atoms with Gasteiger partial charge >= 0.3 is 0 Å². The minimum Gasteiger partial charge on any atom is -0.384 e. The van der Waals surface area contributed by atoms with Crippen LogP contribution in [0.1, 0.15) is 17.0 Å². The van der Waals surface area contributed by atoms with Crippen molar-refractivity contribution in [1.29, 1.82) is 5.26 Å². The van der Waals surface area contributed by atoms with Crippen LogP contribution < -0.4 is 5.32 Å². The summed E-state index contributed by atoms with van der Waals surface area (Å²) < 4.78 is 4.64. The van der Waals surface area contributed by atoms with E-state index in [2.05, 4.69) is 26.0 Å². The SMILES string of the molecule is Cc1ccc(C#N)c(NCCc2ncon2)c1. The molecule has 0 amide bonds. The molecule has 17 heavy (non-hydrogen) atoms. The van der Waals surface area contributed by atoms with Gasteiger partial charge in [-0.2, -0.15) is 10.2 Å². The summed E-state index contributed by atoms with van der Waals surface area (Å²) in [5.74, 6) is 0.656. The van der Waals surface area contributed by atoms with Gasteiger partial charge in [0.05, 0.1) is 11.3 Å². The number of anilines is 1. The Kier molecular flexibility index (Phi) is 3.36. The quantitative estimate of drug-likeness (QED) is 0.865. The number of benzene rings is 1. The molecule has 0 unspecified atom stereocenters. The lowest BCUT2D eigenvalue weighted by Gasteiger charge is -2.07. The van der Waals surface area contributed by atoms with E-state index >= 15 is 0 Å². The zero-order valence-corrected chi connectivity index (χ0v) is 9.47. The molecule has 0 aliphatic heterocycles. The first-order valence-corrected chi connectivity index (χ1v) is 5.29. The first-order chi connectivity index (χ1) is 8.29. The van der Waals surface area contributed by atoms with Crippen molar-refractivity contribution in [3.63, 3.8) is 0 Å². The van der Waals surface area contributed by atoms with E-state index in [1.165, 1.54) is 6.39 Å². The molecule has 0 atom stereocenters. The summed E-state index contributed by atoms with van der Waals surface area (Å²) in [6.45, 7) is 2.66. The maximum Gasteiger partial charge on any atom is 0.213 e. The van der Waals surface area contributed by atoms with Crippen molar-refractivity contribution in [3.05, 3.63) is 41.5 Å². The van der Waals surface area contributed by atoms with E-state index in [-0.39, 0.29) is 0 Å². The number of hydrogen-bond acceptors (Lipinski definition) is 5. The second-order valence-electron chi connectivity index (χ2n) is 3.69. The van der Waals surface area contributed by atoms with Crippen molar-refractivity contribution < 1.29 is 4.52 Å². The summed E-state index contributed by atoms with van der Waals surface area (Å²) in [4.78, 5) is 3.92. The molecule has 0 saturated carbocycles. The van der Waals surface area contributed by atoms with Crippen LogP contribution >= 0.6 is 0 Å². The van der Waals surface area contributed by atoms with Crippen LogP contribution in [0, 0.1) is 18.3 Å². The van der Waals surface area contributed by atoms with Gasteiger partial charge in [-0.3, -0.25) is 0 Å². The summed E-state index contributed by atoms with van der Waals surface area (Å²) >= 11 is 0. The molecule has 1 heterocycles. The average molecular weight is 228 g/mol. The van der Waals surface area contributed by atoms with Crippen molar-refractivity contribution in [2.24, 2.45) is 0 Å². The van der Waals surface area contributed by atoms with Crippen LogP contribution in [0.5, 0.6) is 0 Å². The molecule has 1 N–H and O–H groups in total. The summed E-state index contributed by atoms with van der Waals surface area (Å²) in [5.41, 5.74) is 2.60. The Morgan fingerprint density at radius 1 is 1.47 bits per heavy atom. The van der Waals surface area contributed by atoms with Crippen LogP contribution in [0.15, 0.2) is 29.1 Å². The van der Waals surface area contributed by atoms with Gasteiger partial charge in [-0.25, -0.2) is 0 Å². The average Bonchev–Trinajstić information content (AvgIpc) is 2.82. The second-order valence-corrected chi connectivity index (χ2v) is 3.69. The van der Waals surface area contributed by atoms with Crippen molar-refractivity contribution in [3.8, 4) is 6.07 Å². The fourth-order valence-electron chi connectivity index (χ4n) is 1.51. The predicted octanol–water partition coefficient (Wildman–Crippen LogP) is 1.90. The molecule has 0 spiro atoms. The molecule has 0 aliphatic carbocycles. The van der Waals surface area contributed by atoms with Crippen LogP contribution in [-0.4, -0.2) is 16.7 Å². The number of nitriles is 1. The van der Waals surface area contributed by atoms with Gasteiger partial charge in [-0.1, -0.05) is 11.2 Å². The monoisotopic (exact) mass is 228 g/mol. The first kappa shape index (κ1) is 11.1. The fourth-order valence-corrected chi connectivity index (χ4v) is 1.51. The van der Waals surface area contributed by atoms with E-state index in [4.69, 9.17) is 5.26 Å². The Morgan fingerprint density at radius 2 is 2.35 bits per heavy atom. The third-order valence-corrected chi connectivity index (χ3v) is 2.37. The highest BCUT2D eigenvalue weighted by Gasteiger charge is 2.03. The van der Waals surface area contributed by atoms with Gasteiger partial charge in [0.2, 0.25) is 6.39 Å². The Morgan fingerprint density at radius 3 is 3.06 bits per heavy atom. The van der Waals surface area contributed by atoms with Crippen LogP contribution in [0.2, 0.25) is 0 Å². The molecule has 2 aromatic rings. The van der Waals surface area contributed by atoms with Gasteiger partial charge in [0.1, 0.15) is 6.07 Å². The minimum atomic E-state index is 0.642. The molecular weight excluding hydrogens is 216 g/mol. The number of aromatic nitrogens is 2. The van der Waals surface area contributed by atoms with Gasteiger partial charge in [0.25, 0.3) is 0 Å². The third-order valence-electron chi connectivity index (χ3n) is 2.37. The summed E-state index contributed by atoms with van der Waals surface area (Å²) in [5, 5.41) is 15.9. The molecule has 0 bridgehead atoms. The molecule has 0 aliphatic rings. The highest BCUT2D eigenvalue weighted by Crippen LogP contribution is 2.16. The number of rotatable bonds is 4. The number of nitrogens with zero attached hydrogens (tertiary/aromatic N) is 3. The van der Waals surface area contributed by atoms with E-state index in [1.807, 2.05) is 25.1 Å². The van der Waals surface area contributed by atoms with Crippen LogP contribution in [0.25, 0.3) is 0 Å². The highest BCUT2D eigenvalue weighted by molar-refractivity contribution is 5.58. The van der Waals surface area contributed by atoms with Crippen LogP contribution in [0.4, 0.5) is 5.69 Å². The Labute approximate surface area is 99.1 Å². The standard InChI is InChI=1S/C12H12N4O/c1-9-2-3-10(7-13)11(6-9)14-5-4-12-15-8-17-16-12/h2-3,6,8,14H,4-5H2,1H3. The summed E-state index contributed by atoms with van der Waals surface area (Å²) in [6.07, 6.45) is 1.97. The zero-order chi connectivity index (χ0) is 12.1. The molecule has 1 aromatic carbocycles. The molecular formula is C12H12N4O. The van der Waals surface area contributed by atoms with E-state index in [9.17, 15) is 0 Å². The summed E-state index contributed by atoms with van der Waals surface area (Å²) in [7, 11) is 0. The molecule has 0 saturated heterocycles. The second kappa shape index (κ2) is 5.12. The Bertz CT molecular complexity index is 528. The lowest BCUT2D eigenvalue weighted by Crippen LogP contribution is -2.07. The lowest BCUT2D eigenvalue weighted by atomic mass is 10.1. The van der Waals surface area contributed by atoms with Crippen molar-refractivity contribution >= 4 is 5.69 Å². The van der Waals surface area contributed by atoms with Crippen molar-refractivity contribution in [1.82, 2.24) is 10.1 Å². The van der Waals surface area contributed by atoms with E-state index in [1.54, 1.807) is 0 Å². The Balaban J connectivity index is 1.99. The van der Waals surface area contributed by atoms with Gasteiger partial charge in [-0.05, 0) is 24.6 Å². The van der Waals surface area contributed by atoms with Crippen molar-refractivity contribution in [2.75, 3.05) is 11.9 Å². The maximum atomic E-state index is 8.96. The lowest BCUT2D eigenvalue weighted by molar-refractivity contribution is 0.410. The largest absolute Gasteiger partial charge is 0.384 e. The molecule has 86 valence electrons. The maximum absolute atomic E-state index is 8.96. The Hall–Kier alpha value is -2.35. The molecule has 0 fully saturated rings. The predicted molar refractivity (Wildman–Crippen MR) is 62.4 cm³/mol. The zero-order valence-electron chi connectivity index (χ0n) is 9.47. The van der Waals surface area contributed by atoms with Crippen LogP contribution in [-0.2, 0) is 6.42 Å². The molecule has 5 heteroatoms. The third kappa shape index (κ3) is 2.82. The van der Waals surface area contributed by atoms with E-state index in [0.717, 1.165) is 11.3 Å². The highest BCUT2D eigenvalue weighted by atomic mass is 16.5. The van der Waals surface area contributed by atoms with Gasteiger partial charge in [0, 0.05) is 13.0 Å². The molecule has 5 nitrogen and oxygen atoms in total. The van der Waals surface area contributed by atoms with Gasteiger partial charge in [-0.15, -0.1) is 0 Å². The normalized spacial score (nSPS) is 9.88. The molecule has 2 rings (SSSR count). The smallest absolute Gasteiger partial charge is 0.213 e. The summed E-state index contributed by atoms with van der Waals surface area (Å²) in [6, 6.07) is 7.84. The van der Waals surface area contributed by atoms with Crippen molar-refractivity contribution in [2.45, 2.75) is 13.3 Å². The minimum absolute atomic E-state index is 0.642. The first-order valence-electron chi connectivity index (χ1n) is 5.29. The van der Waals surface area contributed by atoms with Crippen LogP contribution in [0.3, 0.4) is 0 Å². The number of hydrogen-bond donors (Lipinski definition) is 1. The molecule has 1 aromatic heterocycles. The van der Waals surface area contributed by atoms with Gasteiger partial charge < -0.3 is 9.84 Å². The van der Waals surface area contributed by atoms with E-state index in [0.29, 0.717) is 24.4 Å². The topological polar surface area (TPSA) is 74.7 Å². The van der Waals surface area contributed by atoms with E-state index < -0.39 is 0 Å². The fraction of sp³-hybridized carbons (Fsp3) is 0.250. The number of nitrogens with one attached hydrogen (secondary N) is 1. The number of aryl methyl sites for hydroxylation is 1. The molecule has 0 radical (unpaired) electrons.